The van der Waals surface area contributed by atoms with Crippen LogP contribution in [0.2, 0.25) is 0 Å². The van der Waals surface area contributed by atoms with Gasteiger partial charge in [0.05, 0.1) is 11.8 Å². The van der Waals surface area contributed by atoms with Crippen LogP contribution in [0.5, 0.6) is 0 Å². The van der Waals surface area contributed by atoms with E-state index in [2.05, 4.69) is 5.10 Å². The van der Waals surface area contributed by atoms with E-state index < -0.39 is 15.9 Å². The lowest BCUT2D eigenvalue weighted by Gasteiger charge is -2.22. The molecule has 1 saturated carbocycles. The van der Waals surface area contributed by atoms with Crippen LogP contribution in [0.3, 0.4) is 0 Å². The lowest BCUT2D eigenvalue weighted by molar-refractivity contribution is 0.0876. The molecule has 0 unspecified atom stereocenters. The lowest BCUT2D eigenvalue weighted by Crippen LogP contribution is -2.33. The molecule has 6 nitrogen and oxygen atoms in total. The molecule has 1 amide bonds. The largest absolute Gasteiger partial charge is 0.287 e. The molecule has 7 heteroatoms. The first-order chi connectivity index (χ1) is 9.01. The van der Waals surface area contributed by atoms with E-state index in [1.54, 1.807) is 6.07 Å². The quantitative estimate of drug-likeness (QED) is 0.849. The summed E-state index contributed by atoms with van der Waals surface area (Å²) in [6.07, 6.45) is 3.20. The van der Waals surface area contributed by atoms with Gasteiger partial charge in [-0.1, -0.05) is 0 Å². The summed E-state index contributed by atoms with van der Waals surface area (Å²) in [5.74, 6) is -0.149. The topological polar surface area (TPSA) is 72.3 Å². The second-order valence-electron chi connectivity index (χ2n) is 6.35. The molecule has 0 aliphatic heterocycles. The van der Waals surface area contributed by atoms with Crippen molar-refractivity contribution in [2.45, 2.75) is 45.1 Å². The second kappa shape index (κ2) is 4.58. The van der Waals surface area contributed by atoms with Gasteiger partial charge in [0.2, 0.25) is 10.0 Å². The Labute approximate surface area is 119 Å². The molecule has 1 aliphatic carbocycles. The summed E-state index contributed by atoms with van der Waals surface area (Å²) in [4.78, 5) is 12.2. The van der Waals surface area contributed by atoms with Gasteiger partial charge in [0.25, 0.3) is 5.91 Å². The highest BCUT2D eigenvalue weighted by Gasteiger charge is 2.33. The minimum absolute atomic E-state index is 0.190. The van der Waals surface area contributed by atoms with Gasteiger partial charge in [0.15, 0.2) is 5.69 Å². The zero-order valence-electron chi connectivity index (χ0n) is 12.5. The molecule has 0 bridgehead atoms. The van der Waals surface area contributed by atoms with Gasteiger partial charge in [-0.05, 0) is 39.7 Å². The Hall–Kier alpha value is -1.37. The van der Waals surface area contributed by atoms with Gasteiger partial charge in [-0.3, -0.25) is 9.48 Å². The monoisotopic (exact) mass is 299 g/mol. The molecule has 20 heavy (non-hydrogen) atoms. The molecular formula is C13H21N3O3S. The van der Waals surface area contributed by atoms with Gasteiger partial charge in [-0.15, -0.1) is 0 Å². The third kappa shape index (κ3) is 2.87. The fourth-order valence-electron chi connectivity index (χ4n) is 2.02. The molecule has 0 N–H and O–H groups in total. The molecule has 1 fully saturated rings. The standard InChI is InChI=1S/C13H21N3O3S/c1-13(2,3)16-11(9-6-7-9)8-10(14-16)12(17)15(4)20(5,18)19/h8-9H,6-7H2,1-5H3. The maximum Gasteiger partial charge on any atom is 0.287 e. The van der Waals surface area contributed by atoms with Gasteiger partial charge >= 0.3 is 0 Å². The summed E-state index contributed by atoms with van der Waals surface area (Å²) in [7, 11) is -2.30. The molecule has 0 spiro atoms. The average Bonchev–Trinajstić information content (AvgIpc) is 3.03. The first-order valence-electron chi connectivity index (χ1n) is 6.60. The van der Waals surface area contributed by atoms with Gasteiger partial charge in [-0.2, -0.15) is 5.10 Å². The maximum absolute atomic E-state index is 12.2. The molecule has 1 aromatic rings. The van der Waals surface area contributed by atoms with E-state index in [9.17, 15) is 13.2 Å². The van der Waals surface area contributed by atoms with Gasteiger partial charge in [0, 0.05) is 18.7 Å². The Kier molecular flexibility index (Phi) is 3.44. The van der Waals surface area contributed by atoms with E-state index in [1.807, 2.05) is 25.5 Å². The fraction of sp³-hybridized carbons (Fsp3) is 0.692. The van der Waals surface area contributed by atoms with Crippen LogP contribution in [0.1, 0.15) is 55.7 Å². The van der Waals surface area contributed by atoms with Crippen LogP contribution in [0.15, 0.2) is 6.07 Å². The zero-order valence-corrected chi connectivity index (χ0v) is 13.4. The summed E-state index contributed by atoms with van der Waals surface area (Å²) in [5, 5.41) is 4.34. The molecule has 1 heterocycles. The van der Waals surface area contributed by atoms with E-state index >= 15 is 0 Å². The highest BCUT2D eigenvalue weighted by atomic mass is 32.2. The molecule has 1 aliphatic rings. The van der Waals surface area contributed by atoms with E-state index in [4.69, 9.17) is 0 Å². The van der Waals surface area contributed by atoms with E-state index in [1.165, 1.54) is 7.05 Å². The van der Waals surface area contributed by atoms with Gasteiger partial charge < -0.3 is 0 Å². The van der Waals surface area contributed by atoms with Crippen molar-refractivity contribution in [3.63, 3.8) is 0 Å². The van der Waals surface area contributed by atoms with Crippen molar-refractivity contribution >= 4 is 15.9 Å². The number of carbonyl (C=O) groups excluding carboxylic acids is 1. The Balaban J connectivity index is 2.42. The number of sulfonamides is 1. The van der Waals surface area contributed by atoms with Crippen molar-refractivity contribution < 1.29 is 13.2 Å². The van der Waals surface area contributed by atoms with Crippen molar-refractivity contribution in [1.29, 1.82) is 0 Å². The molecule has 112 valence electrons. The van der Waals surface area contributed by atoms with E-state index in [0.717, 1.165) is 29.1 Å². The van der Waals surface area contributed by atoms with Crippen molar-refractivity contribution in [1.82, 2.24) is 14.1 Å². The van der Waals surface area contributed by atoms with E-state index in [-0.39, 0.29) is 11.2 Å². The number of hydrogen-bond donors (Lipinski definition) is 0. The normalized spacial score (nSPS) is 16.2. The van der Waals surface area contributed by atoms with Crippen LogP contribution >= 0.6 is 0 Å². The smallest absolute Gasteiger partial charge is 0.266 e. The Bertz CT molecular complexity index is 636. The fourth-order valence-corrected chi connectivity index (χ4v) is 2.41. The number of amides is 1. The molecular weight excluding hydrogens is 278 g/mol. The van der Waals surface area contributed by atoms with Crippen LogP contribution in [-0.2, 0) is 15.6 Å². The number of hydrogen-bond acceptors (Lipinski definition) is 4. The molecule has 0 saturated heterocycles. The van der Waals surface area contributed by atoms with Crippen LogP contribution in [-0.4, -0.2) is 41.7 Å². The second-order valence-corrected chi connectivity index (χ2v) is 8.36. The van der Waals surface area contributed by atoms with Crippen molar-refractivity contribution in [3.05, 3.63) is 17.5 Å². The predicted molar refractivity (Wildman–Crippen MR) is 76.1 cm³/mol. The van der Waals surface area contributed by atoms with Crippen LogP contribution in [0.4, 0.5) is 0 Å². The number of rotatable bonds is 3. The summed E-state index contributed by atoms with van der Waals surface area (Å²) in [5.41, 5.74) is 0.970. The van der Waals surface area contributed by atoms with Gasteiger partial charge in [-0.25, -0.2) is 12.7 Å². The summed E-state index contributed by atoms with van der Waals surface area (Å²) in [6, 6.07) is 1.73. The zero-order chi connectivity index (χ0) is 15.3. The SMILES string of the molecule is CN(C(=O)c1cc(C2CC2)n(C(C)(C)C)n1)S(C)(=O)=O. The Morgan fingerprint density at radius 1 is 1.40 bits per heavy atom. The Morgan fingerprint density at radius 3 is 2.35 bits per heavy atom. The van der Waals surface area contributed by atoms with Crippen LogP contribution < -0.4 is 0 Å². The molecule has 0 aromatic carbocycles. The predicted octanol–water partition coefficient (Wildman–Crippen LogP) is 1.55. The highest BCUT2D eigenvalue weighted by Crippen LogP contribution is 2.41. The third-order valence-corrected chi connectivity index (χ3v) is 4.53. The van der Waals surface area contributed by atoms with Crippen molar-refractivity contribution in [3.8, 4) is 0 Å². The Morgan fingerprint density at radius 2 is 1.95 bits per heavy atom. The summed E-state index contributed by atoms with van der Waals surface area (Å²) in [6.45, 7) is 6.04. The van der Waals surface area contributed by atoms with Gasteiger partial charge in [0.1, 0.15) is 0 Å². The molecule has 2 rings (SSSR count). The highest BCUT2D eigenvalue weighted by molar-refractivity contribution is 7.88. The molecule has 0 atom stereocenters. The minimum atomic E-state index is -3.56. The van der Waals surface area contributed by atoms with Crippen molar-refractivity contribution in [2.24, 2.45) is 0 Å². The lowest BCUT2D eigenvalue weighted by atomic mass is 10.1. The van der Waals surface area contributed by atoms with Crippen molar-refractivity contribution in [2.75, 3.05) is 13.3 Å². The first-order valence-corrected chi connectivity index (χ1v) is 8.45. The number of nitrogens with zero attached hydrogens (tertiary/aromatic N) is 3. The van der Waals surface area contributed by atoms with Crippen LogP contribution in [0, 0.1) is 0 Å². The first kappa shape index (κ1) is 15.0. The molecule has 1 aromatic heterocycles. The number of carbonyl (C=O) groups is 1. The summed E-state index contributed by atoms with van der Waals surface area (Å²) >= 11 is 0. The summed E-state index contributed by atoms with van der Waals surface area (Å²) < 4.78 is 25.5. The third-order valence-electron chi connectivity index (χ3n) is 3.37. The van der Waals surface area contributed by atoms with E-state index in [0.29, 0.717) is 5.92 Å². The van der Waals surface area contributed by atoms with Crippen LogP contribution in [0.25, 0.3) is 0 Å². The number of aromatic nitrogens is 2. The average molecular weight is 299 g/mol. The molecule has 0 radical (unpaired) electrons. The maximum atomic E-state index is 12.2. The minimum Gasteiger partial charge on any atom is -0.266 e.